The summed E-state index contributed by atoms with van der Waals surface area (Å²) in [6, 6.07) is 4.22. The van der Waals surface area contributed by atoms with Crippen LogP contribution >= 0.6 is 11.5 Å². The second-order valence-corrected chi connectivity index (χ2v) is 12.5. The monoisotopic (exact) mass is 502 g/mol. The number of rotatable bonds is 5. The van der Waals surface area contributed by atoms with Gasteiger partial charge in [-0.1, -0.05) is 0 Å². The fraction of sp³-hybridized carbons (Fsp3) is 0.591. The molecule has 0 radical (unpaired) electrons. The first-order chi connectivity index (χ1) is 16.2. The van der Waals surface area contributed by atoms with E-state index in [2.05, 4.69) is 43.0 Å². The highest BCUT2D eigenvalue weighted by Crippen LogP contribution is 2.50. The Hall–Kier alpha value is -2.28. The topological polar surface area (TPSA) is 106 Å². The lowest BCUT2D eigenvalue weighted by Gasteiger charge is -2.39. The van der Waals surface area contributed by atoms with Crippen LogP contribution in [-0.4, -0.2) is 67.5 Å². The van der Waals surface area contributed by atoms with Crippen LogP contribution in [0.1, 0.15) is 40.0 Å². The molecule has 10 nitrogen and oxygen atoms in total. The predicted molar refractivity (Wildman–Crippen MR) is 135 cm³/mol. The number of aromatic nitrogens is 2. The molecule has 0 spiro atoms. The average molecular weight is 503 g/mol. The van der Waals surface area contributed by atoms with Gasteiger partial charge in [0.1, 0.15) is 6.33 Å². The van der Waals surface area contributed by atoms with Crippen molar-refractivity contribution in [2.45, 2.75) is 62.6 Å². The van der Waals surface area contributed by atoms with E-state index < -0.39 is 10.0 Å². The van der Waals surface area contributed by atoms with E-state index in [4.69, 9.17) is 4.99 Å². The van der Waals surface area contributed by atoms with Gasteiger partial charge in [0, 0.05) is 55.3 Å². The van der Waals surface area contributed by atoms with Crippen LogP contribution in [0.5, 0.6) is 0 Å². The van der Waals surface area contributed by atoms with Gasteiger partial charge in [-0.05, 0) is 52.2 Å². The molecule has 182 valence electrons. The Morgan fingerprint density at radius 2 is 1.91 bits per heavy atom. The quantitative estimate of drug-likeness (QED) is 0.642. The summed E-state index contributed by atoms with van der Waals surface area (Å²) in [7, 11) is -3.70. The van der Waals surface area contributed by atoms with Crippen LogP contribution in [-0.2, 0) is 10.0 Å². The standard InChI is InChI=1S/C22H30N8O2S2/c1-14-11-28(12-15(2)26-14)17-9-16(34(31,32)27-22(3)5-6-22)10-18-19(17)29-8-4-7-23-20(29)30(18)21-24-13-25-33-21/h9-10,13-15,26-27H,4-8,11-12H2,1-3H3. The van der Waals surface area contributed by atoms with E-state index in [0.717, 1.165) is 68.5 Å². The van der Waals surface area contributed by atoms with Crippen molar-refractivity contribution in [3.63, 3.8) is 0 Å². The van der Waals surface area contributed by atoms with Crippen molar-refractivity contribution in [1.82, 2.24) is 19.4 Å². The zero-order valence-electron chi connectivity index (χ0n) is 19.7. The van der Waals surface area contributed by atoms with E-state index in [1.807, 2.05) is 17.9 Å². The van der Waals surface area contributed by atoms with Crippen LogP contribution < -0.4 is 24.7 Å². The van der Waals surface area contributed by atoms with Crippen molar-refractivity contribution in [2.24, 2.45) is 4.99 Å². The number of sulfonamides is 1. The molecule has 4 heterocycles. The van der Waals surface area contributed by atoms with Gasteiger partial charge >= 0.3 is 0 Å². The predicted octanol–water partition coefficient (Wildman–Crippen LogP) is 2.27. The number of nitrogens with one attached hydrogen (secondary N) is 2. The molecule has 34 heavy (non-hydrogen) atoms. The summed E-state index contributed by atoms with van der Waals surface area (Å²) in [6.07, 6.45) is 4.19. The van der Waals surface area contributed by atoms with Crippen LogP contribution in [0.25, 0.3) is 0 Å². The number of fused-ring (bicyclic) bond motifs is 3. The van der Waals surface area contributed by atoms with Gasteiger partial charge in [-0.25, -0.2) is 18.1 Å². The smallest absolute Gasteiger partial charge is 0.241 e. The molecule has 2 unspecified atom stereocenters. The van der Waals surface area contributed by atoms with Crippen molar-refractivity contribution in [3.8, 4) is 0 Å². The first kappa shape index (κ1) is 22.2. The molecule has 2 atom stereocenters. The van der Waals surface area contributed by atoms with Crippen molar-refractivity contribution in [2.75, 3.05) is 40.9 Å². The number of benzene rings is 1. The third kappa shape index (κ3) is 3.76. The fourth-order valence-corrected chi connectivity index (χ4v) is 7.23. The second kappa shape index (κ2) is 7.87. The molecule has 1 saturated heterocycles. The van der Waals surface area contributed by atoms with Gasteiger partial charge < -0.3 is 15.1 Å². The van der Waals surface area contributed by atoms with Gasteiger partial charge in [0.05, 0.1) is 22.0 Å². The zero-order chi connectivity index (χ0) is 23.7. The summed E-state index contributed by atoms with van der Waals surface area (Å²) in [6.45, 7) is 9.45. The molecule has 2 fully saturated rings. The number of guanidine groups is 1. The third-order valence-corrected chi connectivity index (χ3v) is 9.19. The van der Waals surface area contributed by atoms with E-state index >= 15 is 0 Å². The molecule has 3 aliphatic heterocycles. The van der Waals surface area contributed by atoms with E-state index in [-0.39, 0.29) is 10.4 Å². The molecule has 12 heteroatoms. The third-order valence-electron chi connectivity index (χ3n) is 6.92. The summed E-state index contributed by atoms with van der Waals surface area (Å²) < 4.78 is 34.2. The van der Waals surface area contributed by atoms with Crippen LogP contribution in [0.3, 0.4) is 0 Å². The highest BCUT2D eigenvalue weighted by Gasteiger charge is 2.44. The maximum atomic E-state index is 13.5. The largest absolute Gasteiger partial charge is 0.367 e. The van der Waals surface area contributed by atoms with Crippen molar-refractivity contribution in [1.29, 1.82) is 0 Å². The molecule has 1 aromatic heterocycles. The molecule has 1 aromatic carbocycles. The lowest BCUT2D eigenvalue weighted by molar-refractivity contribution is 0.407. The number of hydrogen-bond donors (Lipinski definition) is 2. The Labute approximate surface area is 204 Å². The Morgan fingerprint density at radius 3 is 2.59 bits per heavy atom. The molecule has 0 amide bonds. The highest BCUT2D eigenvalue weighted by atomic mass is 32.2. The molecule has 4 aliphatic rings. The first-order valence-corrected chi connectivity index (χ1v) is 14.1. The maximum Gasteiger partial charge on any atom is 0.241 e. The summed E-state index contributed by atoms with van der Waals surface area (Å²) in [5, 5.41) is 4.27. The molecule has 2 N–H and O–H groups in total. The summed E-state index contributed by atoms with van der Waals surface area (Å²) >= 11 is 1.28. The molecule has 1 aliphatic carbocycles. The zero-order valence-corrected chi connectivity index (χ0v) is 21.3. The molecule has 1 saturated carbocycles. The fourth-order valence-electron chi connectivity index (χ4n) is 5.18. The minimum Gasteiger partial charge on any atom is -0.367 e. The second-order valence-electron chi connectivity index (χ2n) is 10.1. The first-order valence-electron chi connectivity index (χ1n) is 11.9. The van der Waals surface area contributed by atoms with Crippen molar-refractivity contribution >= 4 is 49.7 Å². The Bertz CT molecular complexity index is 1230. The number of hydrogen-bond acceptors (Lipinski definition) is 10. The van der Waals surface area contributed by atoms with Crippen LogP contribution in [0.2, 0.25) is 0 Å². The van der Waals surface area contributed by atoms with E-state index in [1.165, 1.54) is 17.9 Å². The minimum atomic E-state index is -3.70. The molecular formula is C22H30N8O2S2. The van der Waals surface area contributed by atoms with Crippen LogP contribution in [0.15, 0.2) is 28.3 Å². The molecule has 0 bridgehead atoms. The molecule has 6 rings (SSSR count). The van der Waals surface area contributed by atoms with Gasteiger partial charge in [-0.2, -0.15) is 4.37 Å². The Morgan fingerprint density at radius 1 is 1.18 bits per heavy atom. The number of anilines is 4. The van der Waals surface area contributed by atoms with E-state index in [1.54, 1.807) is 6.07 Å². The summed E-state index contributed by atoms with van der Waals surface area (Å²) in [5.74, 6) is 0.798. The lowest BCUT2D eigenvalue weighted by Crippen LogP contribution is -2.54. The van der Waals surface area contributed by atoms with Crippen molar-refractivity contribution in [3.05, 3.63) is 18.5 Å². The summed E-state index contributed by atoms with van der Waals surface area (Å²) in [4.78, 5) is 16.1. The maximum absolute atomic E-state index is 13.5. The lowest BCUT2D eigenvalue weighted by atomic mass is 10.1. The van der Waals surface area contributed by atoms with E-state index in [9.17, 15) is 8.42 Å². The molecular weight excluding hydrogens is 472 g/mol. The van der Waals surface area contributed by atoms with E-state index in [0.29, 0.717) is 17.2 Å². The number of nitrogens with zero attached hydrogens (tertiary/aromatic N) is 6. The number of piperazine rings is 1. The van der Waals surface area contributed by atoms with Crippen molar-refractivity contribution < 1.29 is 8.42 Å². The van der Waals surface area contributed by atoms with Gasteiger partial charge in [-0.3, -0.25) is 9.89 Å². The SMILES string of the molecule is CC1CN(c2cc(S(=O)(=O)NC3(C)CC3)cc3c2N2CCCN=C2N3c2ncns2)CC(C)N1. The Kier molecular flexibility index (Phi) is 5.14. The van der Waals surface area contributed by atoms with Gasteiger partial charge in [0.15, 0.2) is 0 Å². The number of aliphatic imine (C=N–C) groups is 1. The van der Waals surface area contributed by atoms with Crippen LogP contribution in [0, 0.1) is 0 Å². The van der Waals surface area contributed by atoms with Gasteiger partial charge in [0.2, 0.25) is 21.1 Å². The van der Waals surface area contributed by atoms with Gasteiger partial charge in [0.25, 0.3) is 0 Å². The average Bonchev–Trinajstić information content (AvgIpc) is 3.17. The Balaban J connectivity index is 1.55. The van der Waals surface area contributed by atoms with Gasteiger partial charge in [-0.15, -0.1) is 0 Å². The van der Waals surface area contributed by atoms with Crippen LogP contribution in [0.4, 0.5) is 22.2 Å². The normalized spacial score (nSPS) is 25.7. The minimum absolute atomic E-state index is 0.281. The molecule has 2 aromatic rings. The highest BCUT2D eigenvalue weighted by molar-refractivity contribution is 7.89. The summed E-state index contributed by atoms with van der Waals surface area (Å²) in [5.41, 5.74) is 2.39.